The van der Waals surface area contributed by atoms with E-state index in [0.29, 0.717) is 12.3 Å². The molecule has 0 aliphatic rings. The Morgan fingerprint density at radius 3 is 1.74 bits per heavy atom. The van der Waals surface area contributed by atoms with Crippen molar-refractivity contribution >= 4 is 12.7 Å². The molecule has 4 aromatic rings. The molecule has 0 spiro atoms. The molecule has 7 nitrogen and oxygen atoms in total. The van der Waals surface area contributed by atoms with Crippen LogP contribution in [0.3, 0.4) is 0 Å². The molecule has 0 bridgehead atoms. The summed E-state index contributed by atoms with van der Waals surface area (Å²) in [5.74, 6) is 1.18. The second-order valence-electron chi connectivity index (χ2n) is 7.94. The van der Waals surface area contributed by atoms with Gasteiger partial charge in [0.05, 0.1) is 6.54 Å². The highest BCUT2D eigenvalue weighted by atomic mass is 19.1. The van der Waals surface area contributed by atoms with Gasteiger partial charge in [0, 0.05) is 0 Å². The van der Waals surface area contributed by atoms with E-state index in [1.165, 1.54) is 60.7 Å². The lowest BCUT2D eigenvalue weighted by atomic mass is 10.1. The maximum atomic E-state index is 12.8. The Morgan fingerprint density at radius 1 is 0.846 bits per heavy atom. The number of rotatable bonds is 8. The van der Waals surface area contributed by atoms with Gasteiger partial charge in [-0.15, -0.1) is 0 Å². The maximum absolute atomic E-state index is 12.8. The summed E-state index contributed by atoms with van der Waals surface area (Å²) in [6, 6.07) is 26.2. The summed E-state index contributed by atoms with van der Waals surface area (Å²) in [5.41, 5.74) is 5.50. The normalized spacial score (nSPS) is 8.92. The molecule has 210 valence electrons. The number of hydrogen-bond donors (Lipinski definition) is 1. The van der Waals surface area contributed by atoms with Crippen molar-refractivity contribution in [2.75, 3.05) is 0 Å². The van der Waals surface area contributed by atoms with Crippen molar-refractivity contribution in [3.63, 3.8) is 0 Å². The first kappa shape index (κ1) is 34.7. The molecular formula is C31H41FN4O3. The Hall–Kier alpha value is -4.33. The van der Waals surface area contributed by atoms with Crippen LogP contribution in [0.5, 0.6) is 11.5 Å². The van der Waals surface area contributed by atoms with Gasteiger partial charge in [0.15, 0.2) is 0 Å². The largest absolute Gasteiger partial charge is 0.457 e. The number of unbranched alkanes of at least 4 members (excludes halogenated alkanes) is 2. The number of nitrogens with two attached hydrogens (primary N) is 1. The summed E-state index contributed by atoms with van der Waals surface area (Å²) in [6.45, 7) is 6.75. The molecule has 0 aliphatic carbocycles. The van der Waals surface area contributed by atoms with Gasteiger partial charge in [-0.1, -0.05) is 88.6 Å². The molecule has 0 unspecified atom stereocenters. The van der Waals surface area contributed by atoms with E-state index in [4.69, 9.17) is 9.53 Å². The van der Waals surface area contributed by atoms with Crippen molar-refractivity contribution in [1.29, 1.82) is 0 Å². The second kappa shape index (κ2) is 25.3. The third-order valence-corrected chi connectivity index (χ3v) is 4.44. The van der Waals surface area contributed by atoms with Crippen LogP contribution in [0.1, 0.15) is 52.0 Å². The molecule has 0 radical (unpaired) electrons. The molecule has 4 rings (SSSR count). The molecule has 0 saturated heterocycles. The van der Waals surface area contributed by atoms with Crippen LogP contribution in [-0.4, -0.2) is 27.5 Å². The molecule has 2 N–H and O–H groups in total. The highest BCUT2D eigenvalue weighted by Crippen LogP contribution is 2.22. The van der Waals surface area contributed by atoms with Crippen molar-refractivity contribution in [1.82, 2.24) is 14.8 Å². The molecule has 1 aromatic heterocycles. The molecule has 0 fully saturated rings. The van der Waals surface area contributed by atoms with E-state index in [2.05, 4.69) is 48.7 Å². The summed E-state index contributed by atoms with van der Waals surface area (Å²) in [4.78, 5) is 22.0. The van der Waals surface area contributed by atoms with Crippen LogP contribution in [0.15, 0.2) is 97.6 Å². The number of carbonyl (C=O) groups is 2. The predicted octanol–water partition coefficient (Wildman–Crippen LogP) is 7.03. The van der Waals surface area contributed by atoms with Gasteiger partial charge in [0.25, 0.3) is 0 Å². The summed E-state index contributed by atoms with van der Waals surface area (Å²) in [7, 11) is 0. The van der Waals surface area contributed by atoms with Crippen LogP contribution in [-0.2, 0) is 22.6 Å². The van der Waals surface area contributed by atoms with Gasteiger partial charge >= 0.3 is 0 Å². The van der Waals surface area contributed by atoms with E-state index in [1.54, 1.807) is 12.1 Å². The van der Waals surface area contributed by atoms with Crippen molar-refractivity contribution < 1.29 is 18.7 Å². The Bertz CT molecular complexity index is 1030. The standard InChI is InChI=1S/C17H19FO.C6H6.C4H5N3O.C3H8.CH3NO/c1-2-3-4-5-14-6-10-16(11-7-14)19-17-12-8-15(18)9-13-17;1-2-4-6-5-3-1;8-2-1-7-4-5-3-6-7;1-3-2;2-1-3/h6-13H,2-5H2,1H3;1-6H;2-4H,1H2;3H2,1-2H3;1H,(H2,2,3). The number of halogens is 1. The molecule has 8 heteroatoms. The van der Waals surface area contributed by atoms with Gasteiger partial charge in [-0.25, -0.2) is 14.1 Å². The van der Waals surface area contributed by atoms with Crippen LogP contribution in [0.25, 0.3) is 0 Å². The fraction of sp³-hybridized carbons (Fsp3) is 0.290. The number of carbonyl (C=O) groups excluding carboxylic acids is 2. The van der Waals surface area contributed by atoms with E-state index in [1.807, 2.05) is 48.5 Å². The molecule has 3 aromatic carbocycles. The SMILES string of the molecule is CCC.CCCCCc1ccc(Oc2ccc(F)cc2)cc1.NC=O.O=CCn1cncn1.c1ccccc1. The van der Waals surface area contributed by atoms with Gasteiger partial charge in [-0.05, 0) is 54.8 Å². The second-order valence-corrected chi connectivity index (χ2v) is 7.94. The van der Waals surface area contributed by atoms with E-state index in [9.17, 15) is 9.18 Å². The lowest BCUT2D eigenvalue weighted by Crippen LogP contribution is -1.97. The van der Waals surface area contributed by atoms with Gasteiger partial charge in [-0.2, -0.15) is 5.10 Å². The summed E-state index contributed by atoms with van der Waals surface area (Å²) < 4.78 is 19.9. The third-order valence-electron chi connectivity index (χ3n) is 4.44. The van der Waals surface area contributed by atoms with Gasteiger partial charge < -0.3 is 15.3 Å². The first-order valence-corrected chi connectivity index (χ1v) is 13.0. The predicted molar refractivity (Wildman–Crippen MR) is 155 cm³/mol. The average molecular weight is 537 g/mol. The molecule has 1 amide bonds. The van der Waals surface area contributed by atoms with Crippen LogP contribution < -0.4 is 10.5 Å². The Kier molecular flexibility index (Phi) is 22.5. The molecule has 39 heavy (non-hydrogen) atoms. The zero-order valence-electron chi connectivity index (χ0n) is 23.2. The number of amides is 1. The van der Waals surface area contributed by atoms with E-state index >= 15 is 0 Å². The highest BCUT2D eigenvalue weighted by molar-refractivity contribution is 5.48. The first-order chi connectivity index (χ1) is 19.0. The topological polar surface area (TPSA) is 100 Å². The van der Waals surface area contributed by atoms with E-state index in [-0.39, 0.29) is 12.2 Å². The van der Waals surface area contributed by atoms with Crippen molar-refractivity contribution in [3.8, 4) is 11.5 Å². The number of aromatic nitrogens is 3. The fourth-order valence-corrected chi connectivity index (χ4v) is 2.73. The minimum absolute atomic E-state index is 0.250. The van der Waals surface area contributed by atoms with Crippen LogP contribution in [0.4, 0.5) is 4.39 Å². The number of hydrogen-bond acceptors (Lipinski definition) is 5. The highest BCUT2D eigenvalue weighted by Gasteiger charge is 1.99. The smallest absolute Gasteiger partial charge is 0.204 e. The Labute approximate surface area is 231 Å². The molecule has 0 atom stereocenters. The fourth-order valence-electron chi connectivity index (χ4n) is 2.73. The van der Waals surface area contributed by atoms with Crippen LogP contribution in [0.2, 0.25) is 0 Å². The number of nitrogens with zero attached hydrogens (tertiary/aromatic N) is 3. The minimum atomic E-state index is -0.251. The quantitative estimate of drug-likeness (QED) is 0.192. The number of benzene rings is 3. The summed E-state index contributed by atoms with van der Waals surface area (Å²) >= 11 is 0. The number of aryl methyl sites for hydroxylation is 1. The lowest BCUT2D eigenvalue weighted by Gasteiger charge is -2.06. The van der Waals surface area contributed by atoms with Gasteiger partial charge in [0.1, 0.15) is 36.3 Å². The number of ether oxygens (including phenoxy) is 1. The van der Waals surface area contributed by atoms with E-state index in [0.717, 1.165) is 18.5 Å². The first-order valence-electron chi connectivity index (χ1n) is 13.0. The summed E-state index contributed by atoms with van der Waals surface area (Å²) in [6.07, 6.45) is 10.0. The molecular weight excluding hydrogens is 495 g/mol. The molecule has 1 heterocycles. The average Bonchev–Trinajstić information content (AvgIpc) is 3.47. The zero-order valence-corrected chi connectivity index (χ0v) is 23.2. The Morgan fingerprint density at radius 2 is 1.33 bits per heavy atom. The summed E-state index contributed by atoms with van der Waals surface area (Å²) in [5, 5.41) is 3.68. The van der Waals surface area contributed by atoms with Crippen LogP contribution in [0, 0.1) is 5.82 Å². The molecule has 0 saturated carbocycles. The maximum Gasteiger partial charge on any atom is 0.204 e. The minimum Gasteiger partial charge on any atom is -0.457 e. The van der Waals surface area contributed by atoms with Crippen LogP contribution >= 0.6 is 0 Å². The van der Waals surface area contributed by atoms with Crippen molar-refractivity contribution in [2.24, 2.45) is 5.73 Å². The van der Waals surface area contributed by atoms with Crippen molar-refractivity contribution in [2.45, 2.75) is 59.4 Å². The number of aldehydes is 1. The van der Waals surface area contributed by atoms with Crippen molar-refractivity contribution in [3.05, 3.63) is 109 Å². The van der Waals surface area contributed by atoms with E-state index < -0.39 is 0 Å². The number of primary amides is 1. The monoisotopic (exact) mass is 536 g/mol. The van der Waals surface area contributed by atoms with Gasteiger partial charge in [0.2, 0.25) is 6.41 Å². The third kappa shape index (κ3) is 20.4. The molecule has 0 aliphatic heterocycles. The Balaban J connectivity index is 0.000000589. The zero-order chi connectivity index (χ0) is 29.0. The lowest BCUT2D eigenvalue weighted by molar-refractivity contribution is -0.108. The van der Waals surface area contributed by atoms with Gasteiger partial charge in [-0.3, -0.25) is 4.79 Å².